The molecule has 3 N–H and O–H groups in total. The van der Waals surface area contributed by atoms with Gasteiger partial charge in [0.2, 0.25) is 0 Å². The SMILES string of the molecule is O=C1NC(Cl)NC(Cl)N1.[Na]. The van der Waals surface area contributed by atoms with Crippen molar-refractivity contribution in [1.82, 2.24) is 16.0 Å². The topological polar surface area (TPSA) is 53.2 Å². The Balaban J connectivity index is 0.000000810. The van der Waals surface area contributed by atoms with E-state index in [1.54, 1.807) is 0 Å². The second kappa shape index (κ2) is 4.64. The predicted molar refractivity (Wildman–Crippen MR) is 39.8 cm³/mol. The molecular weight excluding hydrogens is 188 g/mol. The molecule has 2 unspecified atom stereocenters. The van der Waals surface area contributed by atoms with Gasteiger partial charge in [-0.15, -0.1) is 0 Å². The zero-order valence-corrected chi connectivity index (χ0v) is 8.83. The summed E-state index contributed by atoms with van der Waals surface area (Å²) in [5.41, 5.74) is -1.16. The van der Waals surface area contributed by atoms with Crippen LogP contribution < -0.4 is 16.0 Å². The molecule has 7 heteroatoms. The maximum Gasteiger partial charge on any atom is 0.319 e. The van der Waals surface area contributed by atoms with Crippen LogP contribution in [0.3, 0.4) is 0 Å². The Hall–Kier alpha value is 0.810. The predicted octanol–water partition coefficient (Wildman–Crippen LogP) is -0.447. The molecule has 0 saturated carbocycles. The summed E-state index contributed by atoms with van der Waals surface area (Å²) in [7, 11) is 0. The van der Waals surface area contributed by atoms with Crippen molar-refractivity contribution in [3.8, 4) is 0 Å². The van der Waals surface area contributed by atoms with Crippen LogP contribution in [-0.2, 0) is 0 Å². The second-order valence-electron chi connectivity index (χ2n) is 1.51. The smallest absolute Gasteiger partial charge is 0.309 e. The molecule has 0 bridgehead atoms. The van der Waals surface area contributed by atoms with Crippen LogP contribution in [0.4, 0.5) is 4.79 Å². The van der Waals surface area contributed by atoms with Crippen LogP contribution in [0, 0.1) is 0 Å². The Kier molecular flexibility index (Phi) is 5.02. The molecule has 10 heavy (non-hydrogen) atoms. The van der Waals surface area contributed by atoms with Gasteiger partial charge in [-0.1, -0.05) is 23.2 Å². The van der Waals surface area contributed by atoms with Crippen molar-refractivity contribution in [2.24, 2.45) is 0 Å². The molecule has 2 amide bonds. The summed E-state index contributed by atoms with van der Waals surface area (Å²) in [6, 6.07) is -0.367. The van der Waals surface area contributed by atoms with E-state index in [1.165, 1.54) is 0 Å². The Bertz CT molecular complexity index is 123. The van der Waals surface area contributed by atoms with Crippen molar-refractivity contribution in [3.63, 3.8) is 0 Å². The minimum absolute atomic E-state index is 0. The molecule has 4 nitrogen and oxygen atoms in total. The fourth-order valence-corrected chi connectivity index (χ4v) is 0.998. The van der Waals surface area contributed by atoms with E-state index < -0.39 is 11.2 Å². The van der Waals surface area contributed by atoms with Gasteiger partial charge in [-0.25, -0.2) is 4.79 Å². The number of nitrogens with one attached hydrogen (secondary N) is 3. The van der Waals surface area contributed by atoms with Crippen LogP contribution in [0.2, 0.25) is 0 Å². The average molecular weight is 193 g/mol. The molecule has 2 atom stereocenters. The number of hydrogen-bond acceptors (Lipinski definition) is 2. The summed E-state index contributed by atoms with van der Waals surface area (Å²) in [4.78, 5) is 10.5. The zero-order valence-electron chi connectivity index (χ0n) is 5.32. The molecule has 1 aliphatic rings. The Morgan fingerprint density at radius 3 is 1.90 bits per heavy atom. The number of rotatable bonds is 0. The largest absolute Gasteiger partial charge is 0.319 e. The number of hydrogen-bond donors (Lipinski definition) is 3. The molecule has 0 aliphatic carbocycles. The van der Waals surface area contributed by atoms with Crippen molar-refractivity contribution in [2.45, 2.75) is 11.2 Å². The third-order valence-corrected chi connectivity index (χ3v) is 1.28. The monoisotopic (exact) mass is 192 g/mol. The molecular formula is C3H5Cl2N3NaO. The van der Waals surface area contributed by atoms with Gasteiger partial charge in [-0.2, -0.15) is 0 Å². The van der Waals surface area contributed by atoms with Gasteiger partial charge in [0.25, 0.3) is 0 Å². The third-order valence-electron chi connectivity index (χ3n) is 0.808. The van der Waals surface area contributed by atoms with E-state index in [0.29, 0.717) is 0 Å². The van der Waals surface area contributed by atoms with E-state index in [2.05, 4.69) is 16.0 Å². The van der Waals surface area contributed by atoms with Crippen molar-refractivity contribution in [3.05, 3.63) is 0 Å². The summed E-state index contributed by atoms with van der Waals surface area (Å²) in [5, 5.41) is 7.26. The molecule has 0 aromatic rings. The van der Waals surface area contributed by atoms with Crippen LogP contribution in [-0.4, -0.2) is 46.8 Å². The number of carbonyl (C=O) groups is 1. The Morgan fingerprint density at radius 2 is 1.60 bits per heavy atom. The normalized spacial score (nSPS) is 31.6. The number of halogens is 2. The summed E-state index contributed by atoms with van der Waals surface area (Å²) in [5.74, 6) is 0. The number of urea groups is 1. The molecule has 1 fully saturated rings. The van der Waals surface area contributed by atoms with E-state index in [1.807, 2.05) is 0 Å². The van der Waals surface area contributed by atoms with Crippen LogP contribution in [0.15, 0.2) is 0 Å². The van der Waals surface area contributed by atoms with Crippen LogP contribution in [0.25, 0.3) is 0 Å². The third kappa shape index (κ3) is 3.27. The van der Waals surface area contributed by atoms with Gasteiger partial charge < -0.3 is 10.6 Å². The maximum absolute atomic E-state index is 10.5. The fourth-order valence-electron chi connectivity index (χ4n) is 0.484. The fraction of sp³-hybridized carbons (Fsp3) is 0.667. The van der Waals surface area contributed by atoms with Crippen LogP contribution >= 0.6 is 23.2 Å². The van der Waals surface area contributed by atoms with E-state index in [9.17, 15) is 4.79 Å². The van der Waals surface area contributed by atoms with Crippen LogP contribution in [0.5, 0.6) is 0 Å². The van der Waals surface area contributed by atoms with E-state index >= 15 is 0 Å². The first-order valence-electron chi connectivity index (χ1n) is 2.30. The molecule has 53 valence electrons. The number of alkyl halides is 2. The van der Waals surface area contributed by atoms with E-state index in [0.717, 1.165) is 0 Å². The van der Waals surface area contributed by atoms with Crippen molar-refractivity contribution >= 4 is 58.8 Å². The quantitative estimate of drug-likeness (QED) is 0.277. The minimum atomic E-state index is -0.582. The molecule has 1 aliphatic heterocycles. The summed E-state index contributed by atoms with van der Waals surface area (Å²) in [6.07, 6.45) is 0. The van der Waals surface area contributed by atoms with Gasteiger partial charge in [0.1, 0.15) is 0 Å². The molecule has 1 rings (SSSR count). The minimum Gasteiger partial charge on any atom is -0.309 e. The maximum atomic E-state index is 10.5. The average Bonchev–Trinajstić information content (AvgIpc) is 1.59. The molecule has 1 heterocycles. The van der Waals surface area contributed by atoms with Gasteiger partial charge in [-0.05, 0) is 0 Å². The van der Waals surface area contributed by atoms with Crippen molar-refractivity contribution in [1.29, 1.82) is 0 Å². The number of carbonyl (C=O) groups excluding carboxylic acids is 1. The summed E-state index contributed by atoms with van der Waals surface area (Å²) >= 11 is 10.9. The Labute approximate surface area is 90.3 Å². The molecule has 1 saturated heterocycles. The molecule has 0 aromatic heterocycles. The van der Waals surface area contributed by atoms with Gasteiger partial charge in [0, 0.05) is 29.6 Å². The van der Waals surface area contributed by atoms with Gasteiger partial charge in [0.05, 0.1) is 0 Å². The zero-order chi connectivity index (χ0) is 6.85. The summed E-state index contributed by atoms with van der Waals surface area (Å²) in [6.45, 7) is 0. The second-order valence-corrected chi connectivity index (χ2v) is 2.38. The first-order chi connectivity index (χ1) is 4.18. The molecule has 1 radical (unpaired) electrons. The van der Waals surface area contributed by atoms with Gasteiger partial charge in [-0.3, -0.25) is 5.32 Å². The molecule has 0 spiro atoms. The van der Waals surface area contributed by atoms with Gasteiger partial charge in [0.15, 0.2) is 11.2 Å². The Morgan fingerprint density at radius 1 is 1.20 bits per heavy atom. The number of amides is 2. The van der Waals surface area contributed by atoms with Crippen LogP contribution in [0.1, 0.15) is 0 Å². The van der Waals surface area contributed by atoms with Gasteiger partial charge >= 0.3 is 6.03 Å². The van der Waals surface area contributed by atoms with E-state index in [4.69, 9.17) is 23.2 Å². The van der Waals surface area contributed by atoms with Crippen molar-refractivity contribution in [2.75, 3.05) is 0 Å². The summed E-state index contributed by atoms with van der Waals surface area (Å²) < 4.78 is 0. The van der Waals surface area contributed by atoms with E-state index in [-0.39, 0.29) is 35.6 Å². The van der Waals surface area contributed by atoms with Crippen molar-refractivity contribution < 1.29 is 4.79 Å². The first-order valence-corrected chi connectivity index (χ1v) is 3.17. The first kappa shape index (κ1) is 10.8. The molecule has 0 aromatic carbocycles. The standard InChI is InChI=1S/C3H5Cl2N3O.Na/c4-1-6-2(5)8-3(9)7-1;/h1-2,6H,(H2,7,8,9);.